The van der Waals surface area contributed by atoms with Crippen LogP contribution in [0.2, 0.25) is 0 Å². The number of nitrogens with one attached hydrogen (secondary N) is 3. The van der Waals surface area contributed by atoms with Gasteiger partial charge in [0, 0.05) is 54.4 Å². The molecule has 25 heavy (non-hydrogen) atoms. The molecular weight excluding hydrogens is 316 g/mol. The summed E-state index contributed by atoms with van der Waals surface area (Å²) >= 11 is 0. The van der Waals surface area contributed by atoms with Crippen molar-refractivity contribution in [2.75, 3.05) is 24.2 Å². The van der Waals surface area contributed by atoms with Gasteiger partial charge in [0.1, 0.15) is 0 Å². The number of carbonyl (C=O) groups is 1. The smallest absolute Gasteiger partial charge is 0.254 e. The first-order valence-corrected chi connectivity index (χ1v) is 7.74. The van der Waals surface area contributed by atoms with Gasteiger partial charge in [-0.05, 0) is 12.1 Å². The Morgan fingerprint density at radius 3 is 3.16 bits per heavy atom. The zero-order chi connectivity index (χ0) is 19.9. The van der Waals surface area contributed by atoms with Crippen molar-refractivity contribution in [3.63, 3.8) is 0 Å². The SMILES string of the molecule is [2H]C([2H])([2H])NC(=O)c1cnccc1Nc1cccc2c1N(C)Cc1c[nH]nc1-2. The van der Waals surface area contributed by atoms with E-state index in [4.69, 9.17) is 4.11 Å². The lowest BCUT2D eigenvalue weighted by atomic mass is 9.99. The van der Waals surface area contributed by atoms with E-state index in [9.17, 15) is 4.79 Å². The van der Waals surface area contributed by atoms with E-state index in [0.29, 0.717) is 12.2 Å². The number of pyridine rings is 1. The van der Waals surface area contributed by atoms with Crippen LogP contribution in [-0.4, -0.2) is 35.1 Å². The molecule has 1 aliphatic heterocycles. The number of anilines is 3. The largest absolute Gasteiger partial charge is 0.368 e. The zero-order valence-electron chi connectivity index (χ0n) is 16.5. The van der Waals surface area contributed by atoms with Crippen LogP contribution in [0.5, 0.6) is 0 Å². The Balaban J connectivity index is 1.73. The quantitative estimate of drug-likeness (QED) is 0.684. The lowest BCUT2D eigenvalue weighted by molar-refractivity contribution is 0.0963. The third-order valence-electron chi connectivity index (χ3n) is 4.25. The second-order valence-corrected chi connectivity index (χ2v) is 5.82. The highest BCUT2D eigenvalue weighted by atomic mass is 16.1. The topological polar surface area (TPSA) is 85.9 Å². The molecule has 7 nitrogen and oxygen atoms in total. The predicted octanol–water partition coefficient (Wildman–Crippen LogP) is 2.52. The van der Waals surface area contributed by atoms with Gasteiger partial charge < -0.3 is 15.5 Å². The number of carbonyl (C=O) groups excluding carboxylic acids is 1. The van der Waals surface area contributed by atoms with E-state index in [0.717, 1.165) is 28.2 Å². The normalized spacial score (nSPS) is 14.6. The fraction of sp³-hybridized carbons (Fsp3) is 0.167. The number of amides is 1. The molecule has 3 N–H and O–H groups in total. The van der Waals surface area contributed by atoms with Crippen molar-refractivity contribution in [2.45, 2.75) is 6.54 Å². The van der Waals surface area contributed by atoms with Crippen molar-refractivity contribution in [1.29, 1.82) is 0 Å². The summed E-state index contributed by atoms with van der Waals surface area (Å²) in [5, 5.41) is 12.5. The van der Waals surface area contributed by atoms with E-state index < -0.39 is 12.9 Å². The summed E-state index contributed by atoms with van der Waals surface area (Å²) in [6.45, 7) is -1.88. The molecule has 0 fully saturated rings. The first kappa shape index (κ1) is 12.1. The van der Waals surface area contributed by atoms with Crippen molar-refractivity contribution in [2.24, 2.45) is 0 Å². The monoisotopic (exact) mass is 337 g/mol. The average molecular weight is 337 g/mol. The van der Waals surface area contributed by atoms with Crippen LogP contribution in [0.25, 0.3) is 11.3 Å². The van der Waals surface area contributed by atoms with Gasteiger partial charge in [-0.1, -0.05) is 12.1 Å². The van der Waals surface area contributed by atoms with Crippen molar-refractivity contribution in [3.05, 3.63) is 54.0 Å². The fourth-order valence-corrected chi connectivity index (χ4v) is 3.15. The third kappa shape index (κ3) is 2.50. The van der Waals surface area contributed by atoms with Crippen LogP contribution in [0.15, 0.2) is 42.9 Å². The van der Waals surface area contributed by atoms with Crippen LogP contribution in [0.1, 0.15) is 20.0 Å². The number of hydrogen-bond donors (Lipinski definition) is 3. The van der Waals surface area contributed by atoms with Crippen LogP contribution in [0.3, 0.4) is 0 Å². The van der Waals surface area contributed by atoms with Gasteiger partial charge in [0.15, 0.2) is 0 Å². The van der Waals surface area contributed by atoms with E-state index in [2.05, 4.69) is 25.4 Å². The Labute approximate surface area is 149 Å². The Morgan fingerprint density at radius 1 is 1.36 bits per heavy atom. The molecule has 0 unspecified atom stereocenters. The molecule has 0 bridgehead atoms. The highest BCUT2D eigenvalue weighted by Gasteiger charge is 2.24. The van der Waals surface area contributed by atoms with E-state index in [1.165, 1.54) is 6.20 Å². The van der Waals surface area contributed by atoms with E-state index in [-0.39, 0.29) is 5.56 Å². The summed E-state index contributed by atoms with van der Waals surface area (Å²) in [4.78, 5) is 18.4. The number of hydrogen-bond acceptors (Lipinski definition) is 5. The summed E-state index contributed by atoms with van der Waals surface area (Å²) < 4.78 is 21.8. The molecule has 0 atom stereocenters. The van der Waals surface area contributed by atoms with Gasteiger partial charge in [0.05, 0.1) is 28.3 Å². The molecule has 1 amide bonds. The number of rotatable bonds is 3. The van der Waals surface area contributed by atoms with Crippen LogP contribution < -0.4 is 15.5 Å². The third-order valence-corrected chi connectivity index (χ3v) is 4.25. The summed E-state index contributed by atoms with van der Waals surface area (Å²) in [6.07, 6.45) is 4.77. The van der Waals surface area contributed by atoms with Crippen molar-refractivity contribution >= 4 is 23.0 Å². The van der Waals surface area contributed by atoms with Crippen molar-refractivity contribution < 1.29 is 8.91 Å². The maximum Gasteiger partial charge on any atom is 0.254 e. The maximum atomic E-state index is 12.4. The Hall–Kier alpha value is -3.35. The highest BCUT2D eigenvalue weighted by molar-refractivity contribution is 6.01. The summed E-state index contributed by atoms with van der Waals surface area (Å²) in [5.74, 6) is -0.719. The molecular formula is C18H18N6O. The Kier molecular flexibility index (Phi) is 2.87. The average Bonchev–Trinajstić information content (AvgIpc) is 3.09. The minimum Gasteiger partial charge on any atom is -0.368 e. The molecule has 4 rings (SSSR count). The summed E-state index contributed by atoms with van der Waals surface area (Å²) in [7, 11) is 1.98. The molecule has 3 aromatic rings. The Bertz CT molecular complexity index is 1050. The van der Waals surface area contributed by atoms with Gasteiger partial charge in [0.2, 0.25) is 0 Å². The lowest BCUT2D eigenvalue weighted by Crippen LogP contribution is -2.23. The zero-order valence-corrected chi connectivity index (χ0v) is 13.5. The molecule has 0 aliphatic carbocycles. The number of aromatic amines is 1. The van der Waals surface area contributed by atoms with E-state index in [1.54, 1.807) is 12.3 Å². The predicted molar refractivity (Wildman–Crippen MR) is 97.0 cm³/mol. The van der Waals surface area contributed by atoms with Crippen LogP contribution in [0.4, 0.5) is 17.1 Å². The lowest BCUT2D eigenvalue weighted by Gasteiger charge is -2.29. The molecule has 1 aliphatic rings. The molecule has 2 aromatic heterocycles. The molecule has 7 heteroatoms. The molecule has 3 heterocycles. The van der Waals surface area contributed by atoms with Gasteiger partial charge in [-0.2, -0.15) is 5.10 Å². The van der Waals surface area contributed by atoms with Crippen LogP contribution in [0, 0.1) is 0 Å². The van der Waals surface area contributed by atoms with Gasteiger partial charge in [-0.3, -0.25) is 14.9 Å². The van der Waals surface area contributed by atoms with E-state index >= 15 is 0 Å². The number of fused-ring (bicyclic) bond motifs is 3. The van der Waals surface area contributed by atoms with Crippen molar-refractivity contribution in [1.82, 2.24) is 20.5 Å². The van der Waals surface area contributed by atoms with Gasteiger partial charge in [-0.25, -0.2) is 0 Å². The first-order valence-electron chi connectivity index (χ1n) is 9.24. The van der Waals surface area contributed by atoms with Gasteiger partial charge in [0.25, 0.3) is 5.91 Å². The number of para-hydroxylation sites is 1. The molecule has 0 radical (unpaired) electrons. The number of nitrogens with zero attached hydrogens (tertiary/aromatic N) is 3. The van der Waals surface area contributed by atoms with Crippen LogP contribution in [-0.2, 0) is 6.54 Å². The van der Waals surface area contributed by atoms with E-state index in [1.807, 2.05) is 36.8 Å². The number of benzene rings is 1. The second kappa shape index (κ2) is 5.94. The molecule has 1 aromatic carbocycles. The number of aromatic nitrogens is 3. The molecule has 0 saturated carbocycles. The fourth-order valence-electron chi connectivity index (χ4n) is 3.15. The molecule has 126 valence electrons. The van der Waals surface area contributed by atoms with Gasteiger partial charge in [-0.15, -0.1) is 0 Å². The molecule has 0 spiro atoms. The number of H-pyrrole nitrogens is 1. The maximum absolute atomic E-state index is 12.4. The van der Waals surface area contributed by atoms with Crippen LogP contribution >= 0.6 is 0 Å². The minimum absolute atomic E-state index is 0.148. The Morgan fingerprint density at radius 2 is 2.28 bits per heavy atom. The second-order valence-electron chi connectivity index (χ2n) is 5.82. The summed E-state index contributed by atoms with van der Waals surface area (Å²) in [5.41, 5.74) is 5.31. The highest BCUT2D eigenvalue weighted by Crippen LogP contribution is 2.42. The van der Waals surface area contributed by atoms with Crippen molar-refractivity contribution in [3.8, 4) is 11.3 Å². The first-order chi connectivity index (χ1) is 13.3. The van der Waals surface area contributed by atoms with Gasteiger partial charge >= 0.3 is 0 Å². The standard InChI is InChI=1S/C18H18N6O/c1-19-18(25)13-9-20-7-6-14(13)22-15-5-3-4-12-16-11(8-21-23-16)10-24(2)17(12)15/h3-9H,10H2,1-2H3,(H,19,25)(H,20,22)(H,21,23)/i1D3. The molecule has 0 saturated heterocycles. The summed E-state index contributed by atoms with van der Waals surface area (Å²) in [6, 6.07) is 7.43. The minimum atomic E-state index is -2.58.